The number of nitrogens with one attached hydrogen (secondary N) is 1. The summed E-state index contributed by atoms with van der Waals surface area (Å²) in [5.41, 5.74) is 0. The van der Waals surface area contributed by atoms with Gasteiger partial charge in [-0.15, -0.1) is 11.6 Å². The summed E-state index contributed by atoms with van der Waals surface area (Å²) in [6.45, 7) is 5.84. The molecule has 0 aromatic carbocycles. The fraction of sp³-hybridized carbons (Fsp3) is 1.00. The number of rotatable bonds is 8. The molecule has 0 rings (SSSR count). The third-order valence-electron chi connectivity index (χ3n) is 1.83. The highest BCUT2D eigenvalue weighted by atomic mass is 35.5. The Hall–Kier alpha value is 0.160. The van der Waals surface area contributed by atoms with Crippen LogP contribution in [-0.2, 0) is 14.8 Å². The van der Waals surface area contributed by atoms with Crippen molar-refractivity contribution in [2.45, 2.75) is 39.3 Å². The topological polar surface area (TPSA) is 55.4 Å². The molecule has 0 saturated heterocycles. The van der Waals surface area contributed by atoms with E-state index in [4.69, 9.17) is 16.3 Å². The van der Waals surface area contributed by atoms with Gasteiger partial charge in [0.2, 0.25) is 10.0 Å². The molecule has 92 valence electrons. The van der Waals surface area contributed by atoms with Crippen molar-refractivity contribution < 1.29 is 13.2 Å². The van der Waals surface area contributed by atoms with E-state index in [9.17, 15) is 8.42 Å². The highest BCUT2D eigenvalue weighted by Gasteiger charge is 2.15. The van der Waals surface area contributed by atoms with Gasteiger partial charge in [-0.1, -0.05) is 6.92 Å². The third-order valence-corrected chi connectivity index (χ3v) is 3.60. The fourth-order valence-electron chi connectivity index (χ4n) is 0.930. The standard InChI is InChI=1S/C9H20ClNO3S/c1-4-9(7-10)11-15(12,13)6-5-14-8(2)3/h8-9,11H,4-7H2,1-3H3. The van der Waals surface area contributed by atoms with Crippen molar-refractivity contribution in [3.8, 4) is 0 Å². The summed E-state index contributed by atoms with van der Waals surface area (Å²) in [5.74, 6) is 0.277. The Morgan fingerprint density at radius 3 is 2.40 bits per heavy atom. The van der Waals surface area contributed by atoms with Gasteiger partial charge in [0.25, 0.3) is 0 Å². The molecule has 1 atom stereocenters. The van der Waals surface area contributed by atoms with Crippen molar-refractivity contribution in [2.75, 3.05) is 18.2 Å². The molecule has 0 fully saturated rings. The Balaban J connectivity index is 3.96. The second-order valence-electron chi connectivity index (χ2n) is 3.62. The summed E-state index contributed by atoms with van der Waals surface area (Å²) in [5, 5.41) is 0. The number of sulfonamides is 1. The van der Waals surface area contributed by atoms with E-state index >= 15 is 0 Å². The summed E-state index contributed by atoms with van der Waals surface area (Å²) in [6.07, 6.45) is 0.739. The summed E-state index contributed by atoms with van der Waals surface area (Å²) < 4.78 is 30.7. The Bertz CT molecular complexity index is 250. The summed E-state index contributed by atoms with van der Waals surface area (Å²) in [6, 6.07) is -0.185. The van der Waals surface area contributed by atoms with E-state index in [1.807, 2.05) is 20.8 Å². The van der Waals surface area contributed by atoms with Crippen molar-refractivity contribution in [3.63, 3.8) is 0 Å². The van der Waals surface area contributed by atoms with Gasteiger partial charge in [0, 0.05) is 11.9 Å². The summed E-state index contributed by atoms with van der Waals surface area (Å²) in [4.78, 5) is 0. The fourth-order valence-corrected chi connectivity index (χ4v) is 2.51. The van der Waals surface area contributed by atoms with Crippen LogP contribution in [0.1, 0.15) is 27.2 Å². The highest BCUT2D eigenvalue weighted by molar-refractivity contribution is 7.89. The number of halogens is 1. The normalized spacial score (nSPS) is 14.5. The zero-order chi connectivity index (χ0) is 11.9. The first-order chi connectivity index (χ1) is 6.91. The van der Waals surface area contributed by atoms with Crippen LogP contribution >= 0.6 is 11.6 Å². The molecule has 0 saturated carbocycles. The lowest BCUT2D eigenvalue weighted by Crippen LogP contribution is -2.38. The predicted molar refractivity (Wildman–Crippen MR) is 62.8 cm³/mol. The maximum absolute atomic E-state index is 11.5. The van der Waals surface area contributed by atoms with Crippen LogP contribution in [0.4, 0.5) is 0 Å². The van der Waals surface area contributed by atoms with Gasteiger partial charge in [-0.05, 0) is 20.3 Å². The van der Waals surface area contributed by atoms with Crippen LogP contribution in [0, 0.1) is 0 Å². The van der Waals surface area contributed by atoms with E-state index in [0.29, 0.717) is 12.3 Å². The van der Waals surface area contributed by atoms with Gasteiger partial charge in [0.05, 0.1) is 18.5 Å². The van der Waals surface area contributed by atoms with E-state index in [2.05, 4.69) is 4.72 Å². The van der Waals surface area contributed by atoms with Gasteiger partial charge < -0.3 is 4.74 Å². The molecule has 0 spiro atoms. The third kappa shape index (κ3) is 8.02. The molecular weight excluding hydrogens is 238 g/mol. The van der Waals surface area contributed by atoms with Crippen molar-refractivity contribution >= 4 is 21.6 Å². The molecule has 15 heavy (non-hydrogen) atoms. The van der Waals surface area contributed by atoms with Crippen LogP contribution in [0.25, 0.3) is 0 Å². The number of ether oxygens (including phenoxy) is 1. The lowest BCUT2D eigenvalue weighted by molar-refractivity contribution is 0.0911. The minimum atomic E-state index is -3.26. The molecule has 1 N–H and O–H groups in total. The Labute approximate surface area is 97.4 Å². The molecule has 0 aliphatic carbocycles. The van der Waals surface area contributed by atoms with Crippen LogP contribution in [0.2, 0.25) is 0 Å². The van der Waals surface area contributed by atoms with Gasteiger partial charge in [-0.3, -0.25) is 0 Å². The average Bonchev–Trinajstić information content (AvgIpc) is 2.13. The molecule has 1 unspecified atom stereocenters. The molecule has 0 aliphatic heterocycles. The monoisotopic (exact) mass is 257 g/mol. The van der Waals surface area contributed by atoms with Crippen molar-refractivity contribution in [2.24, 2.45) is 0 Å². The smallest absolute Gasteiger partial charge is 0.214 e. The first-order valence-electron chi connectivity index (χ1n) is 5.08. The van der Waals surface area contributed by atoms with Crippen LogP contribution in [0.3, 0.4) is 0 Å². The Morgan fingerprint density at radius 2 is 2.00 bits per heavy atom. The zero-order valence-corrected chi connectivity index (χ0v) is 11.1. The second-order valence-corrected chi connectivity index (χ2v) is 5.80. The second kappa shape index (κ2) is 7.44. The Kier molecular flexibility index (Phi) is 7.52. The minimum Gasteiger partial charge on any atom is -0.378 e. The lowest BCUT2D eigenvalue weighted by Gasteiger charge is -2.14. The molecule has 0 bridgehead atoms. The maximum atomic E-state index is 11.5. The molecule has 0 heterocycles. The predicted octanol–water partition coefficient (Wildman–Crippen LogP) is 1.35. The minimum absolute atomic E-state index is 0.0153. The van der Waals surface area contributed by atoms with Crippen molar-refractivity contribution in [3.05, 3.63) is 0 Å². The molecule has 0 aromatic heterocycles. The van der Waals surface area contributed by atoms with Crippen LogP contribution < -0.4 is 4.72 Å². The van der Waals surface area contributed by atoms with Gasteiger partial charge in [0.1, 0.15) is 0 Å². The Morgan fingerprint density at radius 1 is 1.40 bits per heavy atom. The van der Waals surface area contributed by atoms with Gasteiger partial charge in [-0.2, -0.15) is 0 Å². The summed E-state index contributed by atoms with van der Waals surface area (Å²) >= 11 is 5.60. The molecule has 4 nitrogen and oxygen atoms in total. The number of hydrogen-bond donors (Lipinski definition) is 1. The van der Waals surface area contributed by atoms with E-state index < -0.39 is 10.0 Å². The first kappa shape index (κ1) is 15.2. The van der Waals surface area contributed by atoms with E-state index in [1.165, 1.54) is 0 Å². The SMILES string of the molecule is CCC(CCl)NS(=O)(=O)CCOC(C)C. The van der Waals surface area contributed by atoms with Crippen LogP contribution in [-0.4, -0.2) is 38.8 Å². The maximum Gasteiger partial charge on any atom is 0.214 e. The molecule has 6 heteroatoms. The van der Waals surface area contributed by atoms with E-state index in [1.54, 1.807) is 0 Å². The van der Waals surface area contributed by atoms with Crippen molar-refractivity contribution in [1.29, 1.82) is 0 Å². The first-order valence-corrected chi connectivity index (χ1v) is 7.27. The number of alkyl halides is 1. The zero-order valence-electron chi connectivity index (χ0n) is 9.49. The van der Waals surface area contributed by atoms with Crippen LogP contribution in [0.5, 0.6) is 0 Å². The van der Waals surface area contributed by atoms with E-state index in [-0.39, 0.29) is 24.5 Å². The molecule has 0 radical (unpaired) electrons. The quantitative estimate of drug-likeness (QED) is 0.668. The molecule has 0 aliphatic rings. The van der Waals surface area contributed by atoms with Gasteiger partial charge >= 0.3 is 0 Å². The van der Waals surface area contributed by atoms with Gasteiger partial charge in [0.15, 0.2) is 0 Å². The number of hydrogen-bond acceptors (Lipinski definition) is 3. The van der Waals surface area contributed by atoms with E-state index in [0.717, 1.165) is 0 Å². The average molecular weight is 258 g/mol. The lowest BCUT2D eigenvalue weighted by atomic mass is 10.3. The highest BCUT2D eigenvalue weighted by Crippen LogP contribution is 1.98. The largest absolute Gasteiger partial charge is 0.378 e. The van der Waals surface area contributed by atoms with Gasteiger partial charge in [-0.25, -0.2) is 13.1 Å². The molecule has 0 amide bonds. The van der Waals surface area contributed by atoms with Crippen molar-refractivity contribution in [1.82, 2.24) is 4.72 Å². The molecular formula is C9H20ClNO3S. The van der Waals surface area contributed by atoms with Crippen LogP contribution in [0.15, 0.2) is 0 Å². The molecule has 0 aromatic rings. The summed E-state index contributed by atoms with van der Waals surface area (Å²) in [7, 11) is -3.26.